The molecule has 0 atom stereocenters. The van der Waals surface area contributed by atoms with Crippen LogP contribution in [0.1, 0.15) is 20.8 Å². The van der Waals surface area contributed by atoms with Gasteiger partial charge in [0.15, 0.2) is 0 Å². The van der Waals surface area contributed by atoms with Crippen LogP contribution in [0.4, 0.5) is 0 Å². The largest absolute Gasteiger partial charge is 0.0697 e. The molecule has 0 aromatic heterocycles. The highest BCUT2D eigenvalue weighted by molar-refractivity contribution is 7.75. The molecule has 1 heteroatoms. The van der Waals surface area contributed by atoms with Crippen molar-refractivity contribution in [1.82, 2.24) is 0 Å². The van der Waals surface area contributed by atoms with E-state index in [-0.39, 0.29) is 7.92 Å². The zero-order valence-corrected chi connectivity index (χ0v) is 12.8. The van der Waals surface area contributed by atoms with Gasteiger partial charge in [0.1, 0.15) is 0 Å². The van der Waals surface area contributed by atoms with Gasteiger partial charge in [-0.05, 0) is 31.4 Å². The average Bonchev–Trinajstić information content (AvgIpc) is 2.46. The molecule has 0 nitrogen and oxygen atoms in total. The van der Waals surface area contributed by atoms with Gasteiger partial charge in [-0.3, -0.25) is 0 Å². The maximum atomic E-state index is 2.46. The fourth-order valence-electron chi connectivity index (χ4n) is 1.83. The SMILES string of the molecule is C/C(=C\P(c1ccccc1)c1ccccc1)C(C)C. The molecule has 0 aliphatic carbocycles. The molecule has 19 heavy (non-hydrogen) atoms. The molecular weight excluding hydrogens is 247 g/mol. The minimum atomic E-state index is -0.385. The molecule has 0 saturated carbocycles. The first kappa shape index (κ1) is 14.0. The van der Waals surface area contributed by atoms with Crippen molar-refractivity contribution in [3.8, 4) is 0 Å². The van der Waals surface area contributed by atoms with E-state index in [2.05, 4.69) is 87.3 Å². The van der Waals surface area contributed by atoms with Gasteiger partial charge in [0, 0.05) is 0 Å². The van der Waals surface area contributed by atoms with Gasteiger partial charge in [0.05, 0.1) is 0 Å². The second kappa shape index (κ2) is 6.68. The summed E-state index contributed by atoms with van der Waals surface area (Å²) in [7, 11) is -0.385. The van der Waals surface area contributed by atoms with Gasteiger partial charge in [-0.2, -0.15) is 0 Å². The number of hydrogen-bond donors (Lipinski definition) is 0. The average molecular weight is 268 g/mol. The van der Waals surface area contributed by atoms with E-state index in [1.165, 1.54) is 16.2 Å². The summed E-state index contributed by atoms with van der Waals surface area (Å²) in [5.74, 6) is 3.07. The molecule has 2 rings (SSSR count). The predicted molar refractivity (Wildman–Crippen MR) is 87.7 cm³/mol. The second-order valence-electron chi connectivity index (χ2n) is 5.07. The van der Waals surface area contributed by atoms with Crippen molar-refractivity contribution >= 4 is 18.5 Å². The van der Waals surface area contributed by atoms with E-state index in [1.54, 1.807) is 0 Å². The molecule has 2 aromatic carbocycles. The Labute approximate surface area is 117 Å². The summed E-state index contributed by atoms with van der Waals surface area (Å²) in [6, 6.07) is 21.6. The zero-order chi connectivity index (χ0) is 13.7. The minimum absolute atomic E-state index is 0.385. The van der Waals surface area contributed by atoms with E-state index in [0.29, 0.717) is 5.92 Å². The van der Waals surface area contributed by atoms with Crippen molar-refractivity contribution in [2.24, 2.45) is 5.92 Å². The highest BCUT2D eigenvalue weighted by atomic mass is 31.1. The molecule has 0 radical (unpaired) electrons. The van der Waals surface area contributed by atoms with E-state index in [1.807, 2.05) is 0 Å². The Morgan fingerprint density at radius 2 is 1.26 bits per heavy atom. The lowest BCUT2D eigenvalue weighted by molar-refractivity contribution is 0.772. The highest BCUT2D eigenvalue weighted by Crippen LogP contribution is 2.37. The van der Waals surface area contributed by atoms with E-state index in [9.17, 15) is 0 Å². The summed E-state index contributed by atoms with van der Waals surface area (Å²) in [6.45, 7) is 6.76. The van der Waals surface area contributed by atoms with Crippen LogP contribution in [0, 0.1) is 5.92 Å². The molecule has 0 N–H and O–H groups in total. The van der Waals surface area contributed by atoms with Gasteiger partial charge in [-0.15, -0.1) is 0 Å². The van der Waals surface area contributed by atoms with Gasteiger partial charge in [0.25, 0.3) is 0 Å². The zero-order valence-electron chi connectivity index (χ0n) is 11.9. The van der Waals surface area contributed by atoms with E-state index in [4.69, 9.17) is 0 Å². The molecule has 0 spiro atoms. The van der Waals surface area contributed by atoms with Gasteiger partial charge in [-0.25, -0.2) is 0 Å². The van der Waals surface area contributed by atoms with Crippen LogP contribution in [0.5, 0.6) is 0 Å². The third-order valence-electron chi connectivity index (χ3n) is 3.31. The minimum Gasteiger partial charge on any atom is -0.0697 e. The molecule has 0 aliphatic heterocycles. The van der Waals surface area contributed by atoms with Gasteiger partial charge < -0.3 is 0 Å². The van der Waals surface area contributed by atoms with Crippen molar-refractivity contribution in [3.63, 3.8) is 0 Å². The van der Waals surface area contributed by atoms with Gasteiger partial charge in [-0.1, -0.05) is 85.9 Å². The topological polar surface area (TPSA) is 0 Å². The Morgan fingerprint density at radius 1 is 0.842 bits per heavy atom. The quantitative estimate of drug-likeness (QED) is 0.706. The van der Waals surface area contributed by atoms with Crippen LogP contribution in [0.15, 0.2) is 72.1 Å². The lowest BCUT2D eigenvalue weighted by atomic mass is 10.1. The fourth-order valence-corrected chi connectivity index (χ4v) is 4.12. The standard InChI is InChI=1S/C18H21P/c1-15(2)16(3)14-19(17-10-6-4-7-11-17)18-12-8-5-9-13-18/h4-15H,1-3H3/b16-14+. The monoisotopic (exact) mass is 268 g/mol. The maximum absolute atomic E-state index is 2.46. The molecule has 0 heterocycles. The van der Waals surface area contributed by atoms with Crippen molar-refractivity contribution < 1.29 is 0 Å². The molecular formula is C18H21P. The molecule has 98 valence electrons. The molecule has 0 bridgehead atoms. The molecule has 2 aromatic rings. The summed E-state index contributed by atoms with van der Waals surface area (Å²) in [5, 5.41) is 2.84. The Balaban J connectivity index is 2.43. The van der Waals surface area contributed by atoms with E-state index >= 15 is 0 Å². The normalized spacial score (nSPS) is 12.2. The third kappa shape index (κ3) is 3.78. The van der Waals surface area contributed by atoms with Crippen molar-refractivity contribution in [2.75, 3.05) is 0 Å². The number of hydrogen-bond acceptors (Lipinski definition) is 0. The smallest absolute Gasteiger partial charge is 0.0157 e. The fraction of sp³-hybridized carbons (Fsp3) is 0.222. The summed E-state index contributed by atoms with van der Waals surface area (Å²) in [5.41, 5.74) is 1.47. The lowest BCUT2D eigenvalue weighted by Gasteiger charge is -2.17. The third-order valence-corrected chi connectivity index (χ3v) is 5.69. The Kier molecular flexibility index (Phi) is 4.93. The molecule has 0 aliphatic rings. The van der Waals surface area contributed by atoms with E-state index < -0.39 is 0 Å². The van der Waals surface area contributed by atoms with Crippen LogP contribution in [0.3, 0.4) is 0 Å². The van der Waals surface area contributed by atoms with Crippen LogP contribution in [0.2, 0.25) is 0 Å². The highest BCUT2D eigenvalue weighted by Gasteiger charge is 2.11. The Bertz CT molecular complexity index is 487. The predicted octanol–water partition coefficient (Wildman–Crippen LogP) is 4.68. The van der Waals surface area contributed by atoms with Gasteiger partial charge in [0.2, 0.25) is 0 Å². The van der Waals surface area contributed by atoms with Crippen LogP contribution < -0.4 is 10.6 Å². The first-order valence-corrected chi connectivity index (χ1v) is 8.17. The summed E-state index contributed by atoms with van der Waals surface area (Å²) in [4.78, 5) is 0. The Morgan fingerprint density at radius 3 is 1.63 bits per heavy atom. The first-order valence-electron chi connectivity index (χ1n) is 6.76. The number of allylic oxidation sites excluding steroid dienone is 1. The Hall–Kier alpha value is -1.39. The summed E-state index contributed by atoms with van der Waals surface area (Å²) >= 11 is 0. The van der Waals surface area contributed by atoms with Gasteiger partial charge >= 0.3 is 0 Å². The van der Waals surface area contributed by atoms with Crippen LogP contribution in [-0.4, -0.2) is 0 Å². The summed E-state index contributed by atoms with van der Waals surface area (Å²) < 4.78 is 0. The van der Waals surface area contributed by atoms with Crippen molar-refractivity contribution in [1.29, 1.82) is 0 Å². The first-order chi connectivity index (χ1) is 9.18. The second-order valence-corrected chi connectivity index (χ2v) is 7.10. The van der Waals surface area contributed by atoms with Crippen molar-refractivity contribution in [3.05, 3.63) is 72.1 Å². The molecule has 0 unspecified atom stereocenters. The van der Waals surface area contributed by atoms with Crippen LogP contribution in [-0.2, 0) is 0 Å². The van der Waals surface area contributed by atoms with Crippen LogP contribution >= 0.6 is 7.92 Å². The molecule has 0 amide bonds. The lowest BCUT2D eigenvalue weighted by Crippen LogP contribution is -2.10. The number of rotatable bonds is 4. The molecule has 0 saturated heterocycles. The van der Waals surface area contributed by atoms with E-state index in [0.717, 1.165) is 0 Å². The maximum Gasteiger partial charge on any atom is -0.0157 e. The summed E-state index contributed by atoms with van der Waals surface area (Å²) in [6.07, 6.45) is 0. The van der Waals surface area contributed by atoms with Crippen LogP contribution in [0.25, 0.3) is 0 Å². The molecule has 0 fully saturated rings. The van der Waals surface area contributed by atoms with Crippen molar-refractivity contribution in [2.45, 2.75) is 20.8 Å². The number of benzene rings is 2.